The molecule has 13 heavy (non-hydrogen) atoms. The van der Waals surface area contributed by atoms with Crippen LogP contribution in [-0.2, 0) is 9.84 Å². The van der Waals surface area contributed by atoms with Crippen LogP contribution < -0.4 is 5.32 Å². The van der Waals surface area contributed by atoms with E-state index in [-0.39, 0.29) is 10.6 Å². The summed E-state index contributed by atoms with van der Waals surface area (Å²) < 4.78 is 23.5. The van der Waals surface area contributed by atoms with E-state index in [1.807, 2.05) is 11.9 Å². The van der Waals surface area contributed by atoms with Gasteiger partial charge >= 0.3 is 0 Å². The van der Waals surface area contributed by atoms with Crippen LogP contribution in [0.25, 0.3) is 0 Å². The van der Waals surface area contributed by atoms with E-state index in [1.54, 1.807) is 13.8 Å². The normalized spacial score (nSPS) is 26.6. The van der Waals surface area contributed by atoms with Crippen LogP contribution in [0.2, 0.25) is 0 Å². The largest absolute Gasteiger partial charge is 0.303 e. The zero-order valence-electron chi connectivity index (χ0n) is 8.45. The lowest BCUT2D eigenvalue weighted by molar-refractivity contribution is 0.271. The zero-order chi connectivity index (χ0) is 10.1. The van der Waals surface area contributed by atoms with E-state index in [1.165, 1.54) is 0 Å². The maximum Gasteiger partial charge on any atom is 0.169 e. The second-order valence-electron chi connectivity index (χ2n) is 3.84. The van der Waals surface area contributed by atoms with Crippen molar-refractivity contribution >= 4 is 9.84 Å². The van der Waals surface area contributed by atoms with Crippen LogP contribution in [0.5, 0.6) is 0 Å². The summed E-state index contributed by atoms with van der Waals surface area (Å²) >= 11 is 0. The third-order valence-electron chi connectivity index (χ3n) is 2.40. The zero-order valence-corrected chi connectivity index (χ0v) is 9.26. The van der Waals surface area contributed by atoms with E-state index in [2.05, 4.69) is 5.32 Å². The number of sulfone groups is 1. The SMILES string of the molecule is CC(C)S(=O)(=O)C1CN(C)CCN1. The molecule has 4 nitrogen and oxygen atoms in total. The molecular formula is C8H18N2O2S. The summed E-state index contributed by atoms with van der Waals surface area (Å²) in [6.45, 7) is 5.73. The van der Waals surface area contributed by atoms with Crippen molar-refractivity contribution in [2.75, 3.05) is 26.7 Å². The molecule has 0 saturated carbocycles. The molecule has 0 aromatic heterocycles. The lowest BCUT2D eigenvalue weighted by Gasteiger charge is -2.31. The molecule has 0 spiro atoms. The number of piperazine rings is 1. The molecule has 1 aliphatic heterocycles. The molecule has 1 rings (SSSR count). The van der Waals surface area contributed by atoms with Crippen molar-refractivity contribution in [1.82, 2.24) is 10.2 Å². The topological polar surface area (TPSA) is 49.4 Å². The van der Waals surface area contributed by atoms with Crippen LogP contribution in [-0.4, -0.2) is 50.6 Å². The van der Waals surface area contributed by atoms with Gasteiger partial charge in [0.2, 0.25) is 0 Å². The summed E-state index contributed by atoms with van der Waals surface area (Å²) in [5, 5.41) is 2.36. The highest BCUT2D eigenvalue weighted by atomic mass is 32.2. The van der Waals surface area contributed by atoms with Crippen LogP contribution >= 0.6 is 0 Å². The number of nitrogens with zero attached hydrogens (tertiary/aromatic N) is 1. The van der Waals surface area contributed by atoms with Crippen molar-refractivity contribution in [2.24, 2.45) is 0 Å². The summed E-state index contributed by atoms with van der Waals surface area (Å²) in [7, 11) is -1.04. The Morgan fingerprint density at radius 1 is 1.46 bits per heavy atom. The van der Waals surface area contributed by atoms with Crippen LogP contribution in [0.4, 0.5) is 0 Å². The molecule has 1 atom stereocenters. The van der Waals surface area contributed by atoms with Gasteiger partial charge in [-0.15, -0.1) is 0 Å². The van der Waals surface area contributed by atoms with Crippen LogP contribution in [0.1, 0.15) is 13.8 Å². The van der Waals surface area contributed by atoms with E-state index in [0.717, 1.165) is 13.1 Å². The smallest absolute Gasteiger partial charge is 0.169 e. The van der Waals surface area contributed by atoms with E-state index >= 15 is 0 Å². The highest BCUT2D eigenvalue weighted by Gasteiger charge is 2.31. The lowest BCUT2D eigenvalue weighted by Crippen LogP contribution is -2.54. The average Bonchev–Trinajstić information content (AvgIpc) is 2.04. The first-order chi connectivity index (χ1) is 5.94. The fraction of sp³-hybridized carbons (Fsp3) is 1.00. The Hall–Kier alpha value is -0.130. The van der Waals surface area contributed by atoms with Crippen molar-refractivity contribution < 1.29 is 8.42 Å². The molecule has 0 radical (unpaired) electrons. The van der Waals surface area contributed by atoms with E-state index in [0.29, 0.717) is 6.54 Å². The quantitative estimate of drug-likeness (QED) is 0.672. The summed E-state index contributed by atoms with van der Waals surface area (Å²) in [6.07, 6.45) is 0. The maximum atomic E-state index is 11.7. The van der Waals surface area contributed by atoms with Gasteiger partial charge in [0.15, 0.2) is 9.84 Å². The van der Waals surface area contributed by atoms with Crippen molar-refractivity contribution in [1.29, 1.82) is 0 Å². The van der Waals surface area contributed by atoms with Gasteiger partial charge in [-0.2, -0.15) is 0 Å². The van der Waals surface area contributed by atoms with Gasteiger partial charge in [-0.1, -0.05) is 0 Å². The minimum atomic E-state index is -2.99. The van der Waals surface area contributed by atoms with Crippen molar-refractivity contribution in [3.63, 3.8) is 0 Å². The second kappa shape index (κ2) is 3.94. The van der Waals surface area contributed by atoms with Gasteiger partial charge in [-0.25, -0.2) is 8.42 Å². The Morgan fingerprint density at radius 2 is 2.08 bits per heavy atom. The third-order valence-corrected chi connectivity index (χ3v) is 4.82. The van der Waals surface area contributed by atoms with Crippen molar-refractivity contribution in [3.8, 4) is 0 Å². The molecule has 0 amide bonds. The lowest BCUT2D eigenvalue weighted by atomic mass is 10.4. The first-order valence-electron chi connectivity index (χ1n) is 4.59. The first-order valence-corrected chi connectivity index (χ1v) is 6.20. The molecule has 78 valence electrons. The van der Waals surface area contributed by atoms with Gasteiger partial charge in [0.25, 0.3) is 0 Å². The standard InChI is InChI=1S/C8H18N2O2S/c1-7(2)13(11,12)8-6-10(3)5-4-9-8/h7-9H,4-6H2,1-3H3. The molecule has 1 fully saturated rings. The Morgan fingerprint density at radius 3 is 2.54 bits per heavy atom. The molecule has 5 heteroatoms. The molecule has 1 saturated heterocycles. The van der Waals surface area contributed by atoms with Crippen molar-refractivity contribution in [3.05, 3.63) is 0 Å². The van der Waals surface area contributed by atoms with Crippen LogP contribution in [0.15, 0.2) is 0 Å². The highest BCUT2D eigenvalue weighted by Crippen LogP contribution is 2.10. The Labute approximate surface area is 80.2 Å². The second-order valence-corrected chi connectivity index (χ2v) is 6.53. The number of hydrogen-bond acceptors (Lipinski definition) is 4. The van der Waals surface area contributed by atoms with Gasteiger partial charge in [0, 0.05) is 19.6 Å². The monoisotopic (exact) mass is 206 g/mol. The molecule has 0 aromatic rings. The predicted octanol–water partition coefficient (Wildman–Crippen LogP) is -0.329. The van der Waals surface area contributed by atoms with Crippen molar-refractivity contribution in [2.45, 2.75) is 24.5 Å². The van der Waals surface area contributed by atoms with Gasteiger partial charge in [0.1, 0.15) is 5.37 Å². The fourth-order valence-electron chi connectivity index (χ4n) is 1.40. The van der Waals surface area contributed by atoms with E-state index in [9.17, 15) is 8.42 Å². The summed E-state index contributed by atoms with van der Waals surface area (Å²) in [5.41, 5.74) is 0. The highest BCUT2D eigenvalue weighted by molar-refractivity contribution is 7.92. The number of rotatable bonds is 2. The minimum Gasteiger partial charge on any atom is -0.303 e. The summed E-state index contributed by atoms with van der Waals surface area (Å²) in [5.74, 6) is 0. The van der Waals surface area contributed by atoms with E-state index < -0.39 is 9.84 Å². The molecule has 0 aliphatic carbocycles. The predicted molar refractivity (Wildman–Crippen MR) is 53.3 cm³/mol. The maximum absolute atomic E-state index is 11.7. The number of hydrogen-bond donors (Lipinski definition) is 1. The number of nitrogens with one attached hydrogen (secondary N) is 1. The van der Waals surface area contributed by atoms with Gasteiger partial charge in [0.05, 0.1) is 5.25 Å². The summed E-state index contributed by atoms with van der Waals surface area (Å²) in [4.78, 5) is 2.04. The molecule has 1 heterocycles. The molecule has 0 aromatic carbocycles. The Balaban J connectivity index is 2.71. The summed E-state index contributed by atoms with van der Waals surface area (Å²) in [6, 6.07) is 0. The van der Waals surface area contributed by atoms with Crippen LogP contribution in [0.3, 0.4) is 0 Å². The molecule has 0 bridgehead atoms. The van der Waals surface area contributed by atoms with Gasteiger partial charge in [-0.05, 0) is 20.9 Å². The molecule has 1 aliphatic rings. The third kappa shape index (κ3) is 2.42. The molecule has 1 unspecified atom stereocenters. The van der Waals surface area contributed by atoms with Crippen LogP contribution in [0, 0.1) is 0 Å². The fourth-order valence-corrected chi connectivity index (χ4v) is 2.87. The first kappa shape index (κ1) is 10.9. The van der Waals surface area contributed by atoms with E-state index in [4.69, 9.17) is 0 Å². The molecular weight excluding hydrogens is 188 g/mol. The Bertz CT molecular complexity index is 261. The van der Waals surface area contributed by atoms with Gasteiger partial charge in [-0.3, -0.25) is 5.32 Å². The average molecular weight is 206 g/mol. The minimum absolute atomic E-state index is 0.295. The van der Waals surface area contributed by atoms with Gasteiger partial charge < -0.3 is 4.90 Å². The Kier molecular flexibility index (Phi) is 3.32. The number of likely N-dealkylation sites (N-methyl/N-ethyl adjacent to an activating group) is 1. The molecule has 1 N–H and O–H groups in total.